The third-order valence-corrected chi connectivity index (χ3v) is 6.98. The molecular weight excluding hydrogens is 430 g/mol. The van der Waals surface area contributed by atoms with Crippen molar-refractivity contribution in [1.29, 1.82) is 0 Å². The van der Waals surface area contributed by atoms with E-state index in [4.69, 9.17) is 9.15 Å². The molecule has 0 amide bonds. The van der Waals surface area contributed by atoms with Crippen LogP contribution in [0.4, 0.5) is 0 Å². The maximum absolute atomic E-state index is 13.1. The van der Waals surface area contributed by atoms with Crippen LogP contribution in [0.5, 0.6) is 5.75 Å². The van der Waals surface area contributed by atoms with E-state index >= 15 is 0 Å². The number of phenols is 1. The summed E-state index contributed by atoms with van der Waals surface area (Å²) in [6, 6.07) is 11.4. The number of pyridine rings is 1. The van der Waals surface area contributed by atoms with Gasteiger partial charge in [0.2, 0.25) is 0 Å². The lowest BCUT2D eigenvalue weighted by atomic mass is 9.89. The fourth-order valence-electron chi connectivity index (χ4n) is 5.31. The minimum absolute atomic E-state index is 0.182. The van der Waals surface area contributed by atoms with Crippen molar-refractivity contribution in [2.75, 3.05) is 39.8 Å². The van der Waals surface area contributed by atoms with Crippen molar-refractivity contribution >= 4 is 27.7 Å². The molecule has 0 spiro atoms. The summed E-state index contributed by atoms with van der Waals surface area (Å²) < 4.78 is 11.6. The number of rotatable bonds is 5. The van der Waals surface area contributed by atoms with Crippen molar-refractivity contribution in [2.24, 2.45) is 0 Å². The Balaban J connectivity index is 1.87. The van der Waals surface area contributed by atoms with Crippen LogP contribution in [0, 0.1) is 6.92 Å². The number of esters is 1. The number of carbonyl (C=O) groups excluding carboxylic acids is 1. The van der Waals surface area contributed by atoms with Crippen molar-refractivity contribution in [2.45, 2.75) is 19.9 Å². The van der Waals surface area contributed by atoms with Gasteiger partial charge in [0.1, 0.15) is 54.9 Å². The zero-order valence-electron chi connectivity index (χ0n) is 19.9. The number of piperazine rings is 1. The van der Waals surface area contributed by atoms with Gasteiger partial charge >= 0.3 is 5.97 Å². The Kier molecular flexibility index (Phi) is 5.98. The molecule has 176 valence electrons. The Morgan fingerprint density at radius 2 is 1.88 bits per heavy atom. The highest BCUT2D eigenvalue weighted by Crippen LogP contribution is 2.44. The molecule has 4 aromatic rings. The highest BCUT2D eigenvalue weighted by atomic mass is 16.5. The summed E-state index contributed by atoms with van der Waals surface area (Å²) in [4.78, 5) is 20.3. The fraction of sp³-hybridized carbons (Fsp3) is 0.333. The van der Waals surface area contributed by atoms with Crippen LogP contribution in [-0.4, -0.2) is 55.9 Å². The molecule has 2 aromatic carbocycles. The summed E-state index contributed by atoms with van der Waals surface area (Å²) in [5.41, 5.74) is 2.70. The Hall–Kier alpha value is -3.42. The summed E-state index contributed by atoms with van der Waals surface area (Å²) in [6.07, 6.45) is 3.62. The number of benzene rings is 2. The smallest absolute Gasteiger partial charge is 0.342 e. The molecule has 5 rings (SSSR count). The highest BCUT2D eigenvalue weighted by molar-refractivity contribution is 6.16. The zero-order valence-corrected chi connectivity index (χ0v) is 19.9. The maximum atomic E-state index is 13.1. The largest absolute Gasteiger partial charge is 0.507 e. The number of carbonyl (C=O) groups is 1. The first-order valence-corrected chi connectivity index (χ1v) is 11.9. The van der Waals surface area contributed by atoms with E-state index in [-0.39, 0.29) is 18.4 Å². The van der Waals surface area contributed by atoms with E-state index in [0.717, 1.165) is 37.1 Å². The van der Waals surface area contributed by atoms with Crippen molar-refractivity contribution in [1.82, 2.24) is 4.98 Å². The number of aryl methyl sites for hydroxylation is 1. The maximum Gasteiger partial charge on any atom is 0.342 e. The number of furan rings is 1. The number of nitrogens with zero attached hydrogens (tertiary/aromatic N) is 1. The second-order valence-corrected chi connectivity index (χ2v) is 9.10. The van der Waals surface area contributed by atoms with Crippen LogP contribution in [0.25, 0.3) is 21.7 Å². The molecular formula is C27H31N3O4+2. The van der Waals surface area contributed by atoms with Crippen molar-refractivity contribution in [3.63, 3.8) is 0 Å². The van der Waals surface area contributed by atoms with Crippen LogP contribution in [0.2, 0.25) is 0 Å². The van der Waals surface area contributed by atoms with Crippen molar-refractivity contribution in [3.8, 4) is 5.75 Å². The number of ether oxygens (including phenoxy) is 1. The molecule has 2 aromatic heterocycles. The van der Waals surface area contributed by atoms with E-state index in [0.29, 0.717) is 33.2 Å². The topological polar surface area (TPSA) is 81.4 Å². The summed E-state index contributed by atoms with van der Waals surface area (Å²) in [7, 11) is 2.21. The third-order valence-electron chi connectivity index (χ3n) is 6.98. The van der Waals surface area contributed by atoms with Gasteiger partial charge in [0.05, 0.1) is 19.2 Å². The predicted molar refractivity (Wildman–Crippen MR) is 129 cm³/mol. The van der Waals surface area contributed by atoms with Gasteiger partial charge in [-0.1, -0.05) is 24.3 Å². The average Bonchev–Trinajstić information content (AvgIpc) is 3.20. The molecule has 0 bridgehead atoms. The lowest BCUT2D eigenvalue weighted by molar-refractivity contribution is -1.02. The van der Waals surface area contributed by atoms with Gasteiger partial charge in [0, 0.05) is 34.1 Å². The minimum atomic E-state index is -0.433. The minimum Gasteiger partial charge on any atom is -0.507 e. The first-order chi connectivity index (χ1) is 16.5. The monoisotopic (exact) mass is 461 g/mol. The van der Waals surface area contributed by atoms with Gasteiger partial charge in [-0.3, -0.25) is 4.98 Å². The molecule has 7 nitrogen and oxygen atoms in total. The van der Waals surface area contributed by atoms with E-state index < -0.39 is 5.97 Å². The molecule has 3 N–H and O–H groups in total. The number of hydrogen-bond acceptors (Lipinski definition) is 5. The molecule has 34 heavy (non-hydrogen) atoms. The number of likely N-dealkylation sites (N-methyl/N-ethyl adjacent to an activating group) is 1. The summed E-state index contributed by atoms with van der Waals surface area (Å²) >= 11 is 0. The molecule has 1 fully saturated rings. The predicted octanol–water partition coefficient (Wildman–Crippen LogP) is 1.67. The number of aromatic hydroxyl groups is 1. The first kappa shape index (κ1) is 22.4. The van der Waals surface area contributed by atoms with Crippen LogP contribution < -0.4 is 9.80 Å². The number of fused-ring (bicyclic) bond motifs is 3. The summed E-state index contributed by atoms with van der Waals surface area (Å²) in [6.45, 7) is 7.76. The molecule has 3 heterocycles. The van der Waals surface area contributed by atoms with Gasteiger partial charge in [-0.2, -0.15) is 0 Å². The van der Waals surface area contributed by atoms with Gasteiger partial charge in [-0.05, 0) is 26.0 Å². The molecule has 7 heteroatoms. The molecule has 0 saturated carbocycles. The number of quaternary nitrogens is 2. The Morgan fingerprint density at radius 1 is 1.15 bits per heavy atom. The second-order valence-electron chi connectivity index (χ2n) is 9.10. The Morgan fingerprint density at radius 3 is 2.56 bits per heavy atom. The normalized spacial score (nSPS) is 19.4. The lowest BCUT2D eigenvalue weighted by Crippen LogP contribution is -3.27. The van der Waals surface area contributed by atoms with Crippen LogP contribution in [-0.2, 0) is 4.74 Å². The first-order valence-electron chi connectivity index (χ1n) is 11.9. The number of nitrogens with one attached hydrogen (secondary N) is 2. The van der Waals surface area contributed by atoms with E-state index in [1.807, 2.05) is 42.6 Å². The standard InChI is InChI=1S/C27H29N3O4/c1-4-33-27(32)21-17(2)34-26-20-10-6-5-9-19(20)25(31)23(22(21)26)24(18-8-7-11-28-16-18)30-14-12-29(3)13-15-30/h5-11,16,24,31H,4,12-15H2,1-3H3/p+2/t24-/m1/s1. The van der Waals surface area contributed by atoms with Gasteiger partial charge < -0.3 is 24.1 Å². The lowest BCUT2D eigenvalue weighted by Gasteiger charge is -2.34. The second kappa shape index (κ2) is 9.08. The van der Waals surface area contributed by atoms with Crippen LogP contribution in [0.1, 0.15) is 40.2 Å². The van der Waals surface area contributed by atoms with Gasteiger partial charge in [-0.15, -0.1) is 0 Å². The summed E-state index contributed by atoms with van der Waals surface area (Å²) in [5.74, 6) is 0.243. The van der Waals surface area contributed by atoms with Crippen LogP contribution >= 0.6 is 0 Å². The quantitative estimate of drug-likeness (QED) is 0.394. The van der Waals surface area contributed by atoms with Crippen molar-refractivity contribution in [3.05, 3.63) is 71.2 Å². The van der Waals surface area contributed by atoms with Crippen LogP contribution in [0.15, 0.2) is 53.2 Å². The molecule has 1 aliphatic rings. The van der Waals surface area contributed by atoms with E-state index in [2.05, 4.69) is 12.0 Å². The summed E-state index contributed by atoms with van der Waals surface area (Å²) in [5, 5.41) is 13.9. The molecule has 1 saturated heterocycles. The van der Waals surface area contributed by atoms with E-state index in [1.165, 1.54) is 9.80 Å². The SMILES string of the molecule is CCOC(=O)c1c(C)oc2c1c([C@@H](c1cccnc1)[NH+]1CC[NH+](C)CC1)c(O)c1ccccc12. The van der Waals surface area contributed by atoms with Gasteiger partial charge in [0.15, 0.2) is 0 Å². The average molecular weight is 462 g/mol. The number of aromatic nitrogens is 1. The molecule has 1 atom stereocenters. The number of hydrogen-bond donors (Lipinski definition) is 3. The van der Waals surface area contributed by atoms with Gasteiger partial charge in [0.25, 0.3) is 0 Å². The van der Waals surface area contributed by atoms with Crippen molar-refractivity contribution < 1.29 is 28.9 Å². The van der Waals surface area contributed by atoms with E-state index in [1.54, 1.807) is 20.0 Å². The van der Waals surface area contributed by atoms with E-state index in [9.17, 15) is 9.90 Å². The number of phenolic OH excluding ortho intramolecular Hbond substituents is 1. The Labute approximate surface area is 198 Å². The van der Waals surface area contributed by atoms with Crippen LogP contribution in [0.3, 0.4) is 0 Å². The molecule has 0 aliphatic carbocycles. The molecule has 1 aliphatic heterocycles. The fourth-order valence-corrected chi connectivity index (χ4v) is 5.31. The molecule has 0 radical (unpaired) electrons. The highest BCUT2D eigenvalue weighted by Gasteiger charge is 2.38. The molecule has 0 unspecified atom stereocenters. The third kappa shape index (κ3) is 3.71. The Bertz CT molecular complexity index is 1340. The zero-order chi connectivity index (χ0) is 23.8. The van der Waals surface area contributed by atoms with Gasteiger partial charge in [-0.25, -0.2) is 4.79 Å².